The summed E-state index contributed by atoms with van der Waals surface area (Å²) in [6.45, 7) is 0. The summed E-state index contributed by atoms with van der Waals surface area (Å²) in [4.78, 5) is 0. The zero-order valence-corrected chi connectivity index (χ0v) is 8.66. The van der Waals surface area contributed by atoms with Crippen LogP contribution >= 0.6 is 15.9 Å². The number of hydrogen-bond acceptors (Lipinski definition) is 1. The van der Waals surface area contributed by atoms with Crippen LogP contribution in [-0.2, 0) is 5.92 Å². The van der Waals surface area contributed by atoms with Crippen LogP contribution in [0.1, 0.15) is 5.56 Å². The average Bonchev–Trinajstić information content (AvgIpc) is 2.07. The Bertz CT molecular complexity index is 374. The van der Waals surface area contributed by atoms with Crippen molar-refractivity contribution < 1.29 is 22.0 Å². The fourth-order valence-electron chi connectivity index (χ4n) is 0.886. The highest BCUT2D eigenvalue weighted by molar-refractivity contribution is 9.10. The van der Waals surface area contributed by atoms with Crippen LogP contribution in [0.4, 0.5) is 27.6 Å². The minimum absolute atomic E-state index is 0.00363. The molecule has 0 saturated heterocycles. The van der Waals surface area contributed by atoms with E-state index in [-0.39, 0.29) is 10.2 Å². The van der Waals surface area contributed by atoms with Crippen molar-refractivity contribution in [3.05, 3.63) is 28.2 Å². The second-order valence-electron chi connectivity index (χ2n) is 2.81. The Kier molecular flexibility index (Phi) is 2.95. The van der Waals surface area contributed by atoms with E-state index in [1.807, 2.05) is 0 Å². The minimum atomic E-state index is -5.61. The van der Waals surface area contributed by atoms with E-state index in [1.54, 1.807) is 0 Å². The molecule has 0 aliphatic carbocycles. The SMILES string of the molecule is Nc1ccc(C(F)(F)C(F)(F)F)cc1Br. The van der Waals surface area contributed by atoms with Crippen LogP contribution in [0.2, 0.25) is 0 Å². The Balaban J connectivity index is 3.22. The van der Waals surface area contributed by atoms with Gasteiger partial charge in [0.15, 0.2) is 0 Å². The molecule has 1 rings (SSSR count). The molecular formula is C8H5BrF5N. The maximum absolute atomic E-state index is 12.8. The Morgan fingerprint density at radius 2 is 1.60 bits per heavy atom. The molecule has 0 amide bonds. The molecule has 0 fully saturated rings. The summed E-state index contributed by atoms with van der Waals surface area (Å²) in [6.07, 6.45) is -5.61. The van der Waals surface area contributed by atoms with E-state index in [4.69, 9.17) is 5.73 Å². The van der Waals surface area contributed by atoms with E-state index in [2.05, 4.69) is 15.9 Å². The van der Waals surface area contributed by atoms with Crippen molar-refractivity contribution in [1.29, 1.82) is 0 Å². The van der Waals surface area contributed by atoms with E-state index in [1.165, 1.54) is 0 Å². The third kappa shape index (κ3) is 2.22. The van der Waals surface area contributed by atoms with Gasteiger partial charge in [-0.3, -0.25) is 0 Å². The number of alkyl halides is 5. The number of nitrogens with two attached hydrogens (primary N) is 1. The lowest BCUT2D eigenvalue weighted by molar-refractivity contribution is -0.289. The fourth-order valence-corrected chi connectivity index (χ4v) is 1.26. The van der Waals surface area contributed by atoms with Gasteiger partial charge in [-0.25, -0.2) is 0 Å². The molecule has 84 valence electrons. The monoisotopic (exact) mass is 289 g/mol. The molecule has 1 aromatic carbocycles. The highest BCUT2D eigenvalue weighted by Gasteiger charge is 2.58. The van der Waals surface area contributed by atoms with Gasteiger partial charge in [0, 0.05) is 15.7 Å². The predicted octanol–water partition coefficient (Wildman–Crippen LogP) is 3.69. The Labute approximate surface area is 90.2 Å². The fraction of sp³-hybridized carbons (Fsp3) is 0.250. The molecule has 1 aromatic rings. The Morgan fingerprint density at radius 3 is 2.00 bits per heavy atom. The molecule has 0 spiro atoms. The predicted molar refractivity (Wildman–Crippen MR) is 48.5 cm³/mol. The maximum Gasteiger partial charge on any atom is 0.458 e. The second-order valence-corrected chi connectivity index (χ2v) is 3.66. The lowest BCUT2D eigenvalue weighted by Crippen LogP contribution is -2.33. The second kappa shape index (κ2) is 3.62. The molecule has 0 radical (unpaired) electrons. The van der Waals surface area contributed by atoms with E-state index in [0.29, 0.717) is 12.1 Å². The molecule has 0 bridgehead atoms. The van der Waals surface area contributed by atoms with Crippen LogP contribution < -0.4 is 5.73 Å². The van der Waals surface area contributed by atoms with Gasteiger partial charge in [-0.05, 0) is 28.1 Å². The molecule has 0 saturated carbocycles. The van der Waals surface area contributed by atoms with Gasteiger partial charge in [0.05, 0.1) is 0 Å². The molecule has 0 aromatic heterocycles. The first-order valence-corrected chi connectivity index (χ1v) is 4.45. The summed E-state index contributed by atoms with van der Waals surface area (Å²) in [5.41, 5.74) is 4.22. The lowest BCUT2D eigenvalue weighted by Gasteiger charge is -2.20. The molecule has 0 unspecified atom stereocenters. The Hall–Kier alpha value is -0.850. The van der Waals surface area contributed by atoms with Gasteiger partial charge in [0.1, 0.15) is 0 Å². The number of benzene rings is 1. The Morgan fingerprint density at radius 1 is 1.07 bits per heavy atom. The maximum atomic E-state index is 12.8. The summed E-state index contributed by atoms with van der Waals surface area (Å²) < 4.78 is 61.4. The zero-order chi connectivity index (χ0) is 11.9. The van der Waals surface area contributed by atoms with Crippen molar-refractivity contribution in [2.24, 2.45) is 0 Å². The molecule has 2 N–H and O–H groups in total. The molecule has 1 nitrogen and oxygen atoms in total. The van der Waals surface area contributed by atoms with Crippen LogP contribution in [0, 0.1) is 0 Å². The van der Waals surface area contributed by atoms with Crippen LogP contribution in [0.5, 0.6) is 0 Å². The average molecular weight is 290 g/mol. The van der Waals surface area contributed by atoms with Gasteiger partial charge in [0.25, 0.3) is 0 Å². The van der Waals surface area contributed by atoms with Crippen molar-refractivity contribution in [2.45, 2.75) is 12.1 Å². The topological polar surface area (TPSA) is 26.0 Å². The summed E-state index contributed by atoms with van der Waals surface area (Å²) >= 11 is 2.78. The highest BCUT2D eigenvalue weighted by Crippen LogP contribution is 2.44. The first-order valence-electron chi connectivity index (χ1n) is 3.66. The third-order valence-corrected chi connectivity index (χ3v) is 2.41. The first kappa shape index (κ1) is 12.2. The van der Waals surface area contributed by atoms with Gasteiger partial charge in [0.2, 0.25) is 0 Å². The van der Waals surface area contributed by atoms with E-state index in [0.717, 1.165) is 6.07 Å². The van der Waals surface area contributed by atoms with Crippen LogP contribution in [0.3, 0.4) is 0 Å². The number of anilines is 1. The van der Waals surface area contributed by atoms with Crippen LogP contribution in [0.15, 0.2) is 22.7 Å². The molecule has 0 heterocycles. The molecule has 0 atom stereocenters. The molecule has 0 aliphatic heterocycles. The van der Waals surface area contributed by atoms with Crippen molar-refractivity contribution in [2.75, 3.05) is 5.73 Å². The van der Waals surface area contributed by atoms with Crippen LogP contribution in [-0.4, -0.2) is 6.18 Å². The van der Waals surface area contributed by atoms with E-state index in [9.17, 15) is 22.0 Å². The summed E-state index contributed by atoms with van der Waals surface area (Å²) in [6, 6.07) is 2.29. The first-order chi connectivity index (χ1) is 6.66. The summed E-state index contributed by atoms with van der Waals surface area (Å²) in [5.74, 6) is -4.87. The normalized spacial score (nSPS) is 12.9. The lowest BCUT2D eigenvalue weighted by atomic mass is 10.1. The minimum Gasteiger partial charge on any atom is -0.398 e. The molecule has 0 aliphatic rings. The third-order valence-electron chi connectivity index (χ3n) is 1.72. The zero-order valence-electron chi connectivity index (χ0n) is 7.08. The number of nitrogen functional groups attached to an aromatic ring is 1. The summed E-state index contributed by atoms with van der Waals surface area (Å²) in [7, 11) is 0. The highest BCUT2D eigenvalue weighted by atomic mass is 79.9. The van der Waals surface area contributed by atoms with Gasteiger partial charge in [-0.15, -0.1) is 0 Å². The number of rotatable bonds is 1. The van der Waals surface area contributed by atoms with Gasteiger partial charge >= 0.3 is 12.1 Å². The van der Waals surface area contributed by atoms with Gasteiger partial charge < -0.3 is 5.73 Å². The van der Waals surface area contributed by atoms with Crippen molar-refractivity contribution in [3.8, 4) is 0 Å². The van der Waals surface area contributed by atoms with Gasteiger partial charge in [-0.2, -0.15) is 22.0 Å². The van der Waals surface area contributed by atoms with Crippen molar-refractivity contribution in [3.63, 3.8) is 0 Å². The van der Waals surface area contributed by atoms with Crippen molar-refractivity contribution in [1.82, 2.24) is 0 Å². The van der Waals surface area contributed by atoms with E-state index < -0.39 is 17.7 Å². The standard InChI is InChI=1S/C8H5BrF5N/c9-5-3-4(1-2-6(5)15)7(10,11)8(12,13)14/h1-3H,15H2. The number of hydrogen-bond donors (Lipinski definition) is 1. The molecule has 15 heavy (non-hydrogen) atoms. The van der Waals surface area contributed by atoms with Crippen LogP contribution in [0.25, 0.3) is 0 Å². The molecular weight excluding hydrogens is 285 g/mol. The largest absolute Gasteiger partial charge is 0.458 e. The number of halogens is 6. The summed E-state index contributed by atoms with van der Waals surface area (Å²) in [5, 5.41) is 0. The smallest absolute Gasteiger partial charge is 0.398 e. The molecule has 7 heteroatoms. The van der Waals surface area contributed by atoms with E-state index >= 15 is 0 Å². The van der Waals surface area contributed by atoms with Crippen molar-refractivity contribution >= 4 is 21.6 Å². The van der Waals surface area contributed by atoms with Gasteiger partial charge in [-0.1, -0.05) is 6.07 Å². The quantitative estimate of drug-likeness (QED) is 0.619.